The standard InChI is InChI=1S/C17H38N.FH/c1-6-10-14-18(15-11-7-2,16-12-8-3)17(5)13-9-4;/h17H,6-16H2,1-5H3;1H/q+1;/p-1. The molecule has 1 unspecified atom stereocenters. The summed E-state index contributed by atoms with van der Waals surface area (Å²) in [6.07, 6.45) is 11.0. The molecular formula is C17H38FN. The highest BCUT2D eigenvalue weighted by atomic mass is 19.0. The fourth-order valence-electron chi connectivity index (χ4n) is 3.11. The summed E-state index contributed by atoms with van der Waals surface area (Å²) in [5.41, 5.74) is 0. The lowest BCUT2D eigenvalue weighted by atomic mass is 10.0. The van der Waals surface area contributed by atoms with E-state index < -0.39 is 0 Å². The molecule has 2 heteroatoms. The van der Waals surface area contributed by atoms with E-state index in [2.05, 4.69) is 34.6 Å². The first kappa shape index (κ1) is 21.2. The molecule has 0 bridgehead atoms. The third-order valence-corrected chi connectivity index (χ3v) is 4.51. The quantitative estimate of drug-likeness (QED) is 0.480. The highest BCUT2D eigenvalue weighted by Crippen LogP contribution is 2.22. The predicted molar refractivity (Wildman–Crippen MR) is 84.0 cm³/mol. The van der Waals surface area contributed by atoms with Gasteiger partial charge in [0.25, 0.3) is 0 Å². The van der Waals surface area contributed by atoms with Crippen LogP contribution in [0, 0.1) is 0 Å². The monoisotopic (exact) mass is 275 g/mol. The molecule has 0 heterocycles. The molecule has 0 aliphatic rings. The number of nitrogens with zero attached hydrogens (tertiary/aromatic N) is 1. The number of unbranched alkanes of at least 4 members (excludes halogenated alkanes) is 3. The summed E-state index contributed by atoms with van der Waals surface area (Å²) in [5, 5.41) is 0. The van der Waals surface area contributed by atoms with Crippen LogP contribution in [0.15, 0.2) is 0 Å². The normalized spacial score (nSPS) is 13.1. The van der Waals surface area contributed by atoms with Crippen LogP contribution in [0.5, 0.6) is 0 Å². The Labute approximate surface area is 121 Å². The van der Waals surface area contributed by atoms with Gasteiger partial charge in [0.2, 0.25) is 0 Å². The molecule has 1 nitrogen and oxygen atoms in total. The van der Waals surface area contributed by atoms with Gasteiger partial charge in [-0.2, -0.15) is 0 Å². The van der Waals surface area contributed by atoms with Gasteiger partial charge in [-0.05, 0) is 32.6 Å². The fourth-order valence-corrected chi connectivity index (χ4v) is 3.11. The molecule has 0 fully saturated rings. The number of halogens is 1. The third kappa shape index (κ3) is 7.91. The van der Waals surface area contributed by atoms with E-state index >= 15 is 0 Å². The first-order valence-corrected chi connectivity index (χ1v) is 8.52. The molecule has 0 aliphatic carbocycles. The van der Waals surface area contributed by atoms with Gasteiger partial charge in [0.05, 0.1) is 25.7 Å². The van der Waals surface area contributed by atoms with Crippen LogP contribution in [-0.2, 0) is 0 Å². The summed E-state index contributed by atoms with van der Waals surface area (Å²) < 4.78 is 1.41. The molecule has 1 atom stereocenters. The van der Waals surface area contributed by atoms with Gasteiger partial charge >= 0.3 is 0 Å². The molecule has 0 saturated heterocycles. The van der Waals surface area contributed by atoms with E-state index in [9.17, 15) is 0 Å². The first-order chi connectivity index (χ1) is 8.66. The van der Waals surface area contributed by atoms with Gasteiger partial charge in [-0.25, -0.2) is 0 Å². The van der Waals surface area contributed by atoms with Gasteiger partial charge in [0.15, 0.2) is 0 Å². The van der Waals surface area contributed by atoms with Crippen molar-refractivity contribution in [1.82, 2.24) is 0 Å². The Morgan fingerprint density at radius 2 is 1.05 bits per heavy atom. The summed E-state index contributed by atoms with van der Waals surface area (Å²) in [6, 6.07) is 0.861. The molecular weight excluding hydrogens is 237 g/mol. The van der Waals surface area contributed by atoms with Crippen molar-refractivity contribution in [3.05, 3.63) is 0 Å². The Morgan fingerprint density at radius 3 is 1.32 bits per heavy atom. The second kappa shape index (κ2) is 12.9. The Balaban J connectivity index is 0. The third-order valence-electron chi connectivity index (χ3n) is 4.51. The number of quaternary nitrogens is 1. The van der Waals surface area contributed by atoms with Crippen LogP contribution in [0.2, 0.25) is 0 Å². The Bertz CT molecular complexity index is 160. The van der Waals surface area contributed by atoms with Gasteiger partial charge in [-0.3, -0.25) is 0 Å². The van der Waals surface area contributed by atoms with Crippen molar-refractivity contribution in [2.24, 2.45) is 0 Å². The average molecular weight is 275 g/mol. The molecule has 0 N–H and O–H groups in total. The molecule has 0 aromatic heterocycles. The Morgan fingerprint density at radius 1 is 0.684 bits per heavy atom. The molecule has 118 valence electrons. The van der Waals surface area contributed by atoms with Crippen LogP contribution >= 0.6 is 0 Å². The van der Waals surface area contributed by atoms with E-state index in [0.717, 1.165) is 6.04 Å². The van der Waals surface area contributed by atoms with Crippen molar-refractivity contribution >= 4 is 0 Å². The minimum atomic E-state index is 0. The molecule has 0 saturated carbocycles. The lowest BCUT2D eigenvalue weighted by Gasteiger charge is -2.44. The van der Waals surface area contributed by atoms with E-state index in [4.69, 9.17) is 0 Å². The van der Waals surface area contributed by atoms with E-state index in [1.54, 1.807) is 0 Å². The predicted octanol–water partition coefficient (Wildman–Crippen LogP) is 2.40. The highest BCUT2D eigenvalue weighted by molar-refractivity contribution is 4.57. The van der Waals surface area contributed by atoms with E-state index in [1.165, 1.54) is 75.5 Å². The van der Waals surface area contributed by atoms with Crippen LogP contribution in [0.25, 0.3) is 0 Å². The fraction of sp³-hybridized carbons (Fsp3) is 1.00. The van der Waals surface area contributed by atoms with Crippen molar-refractivity contribution < 1.29 is 9.19 Å². The SMILES string of the molecule is CCCC[N+](CCCC)(CCCC)C(C)CCC.[F-]. The van der Waals surface area contributed by atoms with Gasteiger partial charge in [-0.1, -0.05) is 53.4 Å². The molecule has 0 amide bonds. The molecule has 0 aromatic rings. The zero-order valence-corrected chi connectivity index (χ0v) is 14.2. The average Bonchev–Trinajstić information content (AvgIpc) is 2.38. The number of rotatable bonds is 12. The number of hydrogen-bond donors (Lipinski definition) is 0. The van der Waals surface area contributed by atoms with Crippen molar-refractivity contribution in [3.8, 4) is 0 Å². The van der Waals surface area contributed by atoms with Gasteiger partial charge < -0.3 is 9.19 Å². The van der Waals surface area contributed by atoms with Crippen LogP contribution in [0.1, 0.15) is 86.0 Å². The smallest absolute Gasteiger partial charge is 0.0861 e. The van der Waals surface area contributed by atoms with Crippen LogP contribution < -0.4 is 4.70 Å². The van der Waals surface area contributed by atoms with Crippen LogP contribution in [-0.4, -0.2) is 30.2 Å². The van der Waals surface area contributed by atoms with Crippen LogP contribution in [0.3, 0.4) is 0 Å². The second-order valence-corrected chi connectivity index (χ2v) is 6.09. The van der Waals surface area contributed by atoms with E-state index in [0.29, 0.717) is 0 Å². The maximum absolute atomic E-state index is 2.50. The van der Waals surface area contributed by atoms with Crippen molar-refractivity contribution in [1.29, 1.82) is 0 Å². The van der Waals surface area contributed by atoms with Crippen molar-refractivity contribution in [2.45, 2.75) is 92.0 Å². The summed E-state index contributed by atoms with van der Waals surface area (Å²) in [5.74, 6) is 0. The molecule has 0 aromatic carbocycles. The summed E-state index contributed by atoms with van der Waals surface area (Å²) in [7, 11) is 0. The maximum Gasteiger partial charge on any atom is 0.0861 e. The Kier molecular flexibility index (Phi) is 14.4. The topological polar surface area (TPSA) is 0 Å². The summed E-state index contributed by atoms with van der Waals surface area (Å²) >= 11 is 0. The largest absolute Gasteiger partial charge is 1.00 e. The molecule has 19 heavy (non-hydrogen) atoms. The highest BCUT2D eigenvalue weighted by Gasteiger charge is 2.31. The van der Waals surface area contributed by atoms with E-state index in [1.807, 2.05) is 0 Å². The maximum atomic E-state index is 2.50. The molecule has 0 radical (unpaired) electrons. The Hall–Kier alpha value is -0.110. The second-order valence-electron chi connectivity index (χ2n) is 6.09. The van der Waals surface area contributed by atoms with E-state index in [-0.39, 0.29) is 4.70 Å². The van der Waals surface area contributed by atoms with Gasteiger partial charge in [0, 0.05) is 0 Å². The minimum Gasteiger partial charge on any atom is -1.00 e. The zero-order valence-electron chi connectivity index (χ0n) is 14.2. The van der Waals surface area contributed by atoms with Crippen molar-refractivity contribution in [3.63, 3.8) is 0 Å². The lowest BCUT2D eigenvalue weighted by Crippen LogP contribution is -3.00. The zero-order chi connectivity index (χ0) is 13.9. The molecule has 0 rings (SSSR count). The van der Waals surface area contributed by atoms with Gasteiger partial charge in [0.1, 0.15) is 0 Å². The van der Waals surface area contributed by atoms with Crippen LogP contribution in [0.4, 0.5) is 0 Å². The summed E-state index contributed by atoms with van der Waals surface area (Å²) in [4.78, 5) is 0. The lowest BCUT2D eigenvalue weighted by molar-refractivity contribution is -0.950. The van der Waals surface area contributed by atoms with Gasteiger partial charge in [-0.15, -0.1) is 0 Å². The summed E-state index contributed by atoms with van der Waals surface area (Å²) in [6.45, 7) is 16.1. The molecule has 0 aliphatic heterocycles. The first-order valence-electron chi connectivity index (χ1n) is 8.52. The molecule has 0 spiro atoms. The van der Waals surface area contributed by atoms with Crippen molar-refractivity contribution in [2.75, 3.05) is 19.6 Å². The minimum absolute atomic E-state index is 0. The number of hydrogen-bond acceptors (Lipinski definition) is 0.